The molecule has 0 bridgehead atoms. The quantitative estimate of drug-likeness (QED) is 0.571. The third-order valence-corrected chi connectivity index (χ3v) is 2.51. The average molecular weight is 289 g/mol. The summed E-state index contributed by atoms with van der Waals surface area (Å²) < 4.78 is 24.5. The largest absolute Gasteiger partial charge is 0.265 e. The Hall–Kier alpha value is 0.0300. The molecule has 0 radical (unpaired) electrons. The fourth-order valence-corrected chi connectivity index (χ4v) is 1.16. The van der Waals surface area contributed by atoms with Crippen molar-refractivity contribution in [2.45, 2.75) is 6.43 Å². The Balaban J connectivity index is 3.05. The topological polar surface area (TPSA) is 12.9 Å². The minimum atomic E-state index is -2.48. The second kappa shape index (κ2) is 3.62. The Morgan fingerprint density at radius 1 is 1.55 bits per heavy atom. The molecule has 0 amide bonds. The molecule has 60 valence electrons. The summed E-state index contributed by atoms with van der Waals surface area (Å²) in [5, 5.41) is 0.259. The number of hydrogen-bond acceptors (Lipinski definition) is 1. The van der Waals surface area contributed by atoms with E-state index in [4.69, 9.17) is 11.6 Å². The summed E-state index contributed by atoms with van der Waals surface area (Å²) in [4.78, 5) is 3.58. The number of pyridine rings is 1. The number of nitrogens with zero attached hydrogens (tertiary/aromatic N) is 1. The summed E-state index contributed by atoms with van der Waals surface area (Å²) in [6.07, 6.45) is -1.40. The van der Waals surface area contributed by atoms with Crippen LogP contribution in [0.25, 0.3) is 0 Å². The highest BCUT2D eigenvalue weighted by Gasteiger charge is 2.08. The number of aromatic nitrogens is 1. The highest BCUT2D eigenvalue weighted by Crippen LogP contribution is 2.23. The molecule has 0 unspecified atom stereocenters. The smallest absolute Gasteiger partial charge is 0.243 e. The van der Waals surface area contributed by atoms with Gasteiger partial charge in [-0.15, -0.1) is 0 Å². The summed E-state index contributed by atoms with van der Waals surface area (Å²) >= 11 is 7.38. The Bertz CT molecular complexity index is 267. The molecule has 0 spiro atoms. The number of halogens is 4. The van der Waals surface area contributed by atoms with Crippen molar-refractivity contribution in [1.29, 1.82) is 0 Å². The van der Waals surface area contributed by atoms with Crippen LogP contribution in [0.5, 0.6) is 0 Å². The maximum absolute atomic E-state index is 12.0. The molecule has 0 saturated carbocycles. The molecule has 1 heterocycles. The Kier molecular flexibility index (Phi) is 3.00. The van der Waals surface area contributed by atoms with Crippen LogP contribution >= 0.6 is 34.2 Å². The third kappa shape index (κ3) is 2.23. The van der Waals surface area contributed by atoms with Gasteiger partial charge in [-0.2, -0.15) is 0 Å². The summed E-state index contributed by atoms with van der Waals surface area (Å²) in [6, 6.07) is 1.32. The molecule has 1 aromatic rings. The second-order valence-electron chi connectivity index (χ2n) is 1.84. The molecule has 1 aromatic heterocycles. The molecule has 0 atom stereocenters. The van der Waals surface area contributed by atoms with E-state index in [9.17, 15) is 8.78 Å². The van der Waals surface area contributed by atoms with E-state index in [0.717, 1.165) is 6.20 Å². The predicted molar refractivity (Wildman–Crippen MR) is 46.9 cm³/mol. The van der Waals surface area contributed by atoms with Gasteiger partial charge >= 0.3 is 0 Å². The maximum Gasteiger partial charge on any atom is 0.265 e. The lowest BCUT2D eigenvalue weighted by atomic mass is 10.3. The highest BCUT2D eigenvalue weighted by molar-refractivity contribution is 14.1. The standard InChI is InChI=1S/C6H3ClF2IN/c7-5-4(10)1-3(2-11-5)6(8)9/h1-2,6H. The van der Waals surface area contributed by atoms with Crippen LogP contribution in [0, 0.1) is 3.57 Å². The Morgan fingerprint density at radius 2 is 2.18 bits per heavy atom. The van der Waals surface area contributed by atoms with Crippen LogP contribution in [-0.4, -0.2) is 4.98 Å². The van der Waals surface area contributed by atoms with Gasteiger partial charge < -0.3 is 0 Å². The van der Waals surface area contributed by atoms with Gasteiger partial charge in [0, 0.05) is 11.8 Å². The maximum atomic E-state index is 12.0. The van der Waals surface area contributed by atoms with E-state index in [0.29, 0.717) is 3.57 Å². The first-order valence-electron chi connectivity index (χ1n) is 2.70. The number of rotatable bonds is 1. The van der Waals surface area contributed by atoms with Gasteiger partial charge in [-0.05, 0) is 28.7 Å². The van der Waals surface area contributed by atoms with E-state index in [1.807, 2.05) is 22.6 Å². The normalized spacial score (nSPS) is 10.6. The van der Waals surface area contributed by atoms with Gasteiger partial charge in [-0.3, -0.25) is 0 Å². The van der Waals surface area contributed by atoms with Gasteiger partial charge in [-0.1, -0.05) is 11.6 Å². The van der Waals surface area contributed by atoms with E-state index >= 15 is 0 Å². The molecule has 0 N–H and O–H groups in total. The molecule has 0 saturated heterocycles. The first-order valence-corrected chi connectivity index (χ1v) is 4.16. The van der Waals surface area contributed by atoms with Gasteiger partial charge in [0.25, 0.3) is 6.43 Å². The zero-order valence-corrected chi connectivity index (χ0v) is 8.10. The summed E-state index contributed by atoms with van der Waals surface area (Å²) in [7, 11) is 0. The van der Waals surface area contributed by atoms with E-state index in [-0.39, 0.29) is 10.7 Å². The van der Waals surface area contributed by atoms with Crippen molar-refractivity contribution in [3.05, 3.63) is 26.5 Å². The van der Waals surface area contributed by atoms with Crippen LogP contribution in [0.1, 0.15) is 12.0 Å². The molecular weight excluding hydrogens is 286 g/mol. The van der Waals surface area contributed by atoms with E-state index in [2.05, 4.69) is 4.98 Å². The zero-order valence-electron chi connectivity index (χ0n) is 5.19. The van der Waals surface area contributed by atoms with E-state index in [1.54, 1.807) is 0 Å². The SMILES string of the molecule is FC(F)c1cnc(Cl)c(I)c1. The minimum absolute atomic E-state index is 0.0983. The van der Waals surface area contributed by atoms with Crippen molar-refractivity contribution in [2.75, 3.05) is 0 Å². The van der Waals surface area contributed by atoms with Crippen LogP contribution in [0.3, 0.4) is 0 Å². The molecule has 5 heteroatoms. The summed E-state index contributed by atoms with van der Waals surface area (Å²) in [5.74, 6) is 0. The molecule has 11 heavy (non-hydrogen) atoms. The second-order valence-corrected chi connectivity index (χ2v) is 3.36. The van der Waals surface area contributed by atoms with Gasteiger partial charge in [0.1, 0.15) is 5.15 Å². The molecule has 0 fully saturated rings. The van der Waals surface area contributed by atoms with E-state index < -0.39 is 6.43 Å². The van der Waals surface area contributed by atoms with Crippen molar-refractivity contribution in [1.82, 2.24) is 4.98 Å². The lowest BCUT2D eigenvalue weighted by Gasteiger charge is -1.99. The molecule has 1 nitrogen and oxygen atoms in total. The van der Waals surface area contributed by atoms with Crippen LogP contribution < -0.4 is 0 Å². The first kappa shape index (κ1) is 9.12. The average Bonchev–Trinajstić information content (AvgIpc) is 1.94. The van der Waals surface area contributed by atoms with Crippen LogP contribution in [0.2, 0.25) is 5.15 Å². The first-order chi connectivity index (χ1) is 5.11. The van der Waals surface area contributed by atoms with E-state index in [1.165, 1.54) is 6.07 Å². The van der Waals surface area contributed by atoms with Crippen molar-refractivity contribution in [3.8, 4) is 0 Å². The lowest BCUT2D eigenvalue weighted by molar-refractivity contribution is 0.151. The van der Waals surface area contributed by atoms with Crippen LogP contribution in [0.15, 0.2) is 12.3 Å². The van der Waals surface area contributed by atoms with Gasteiger partial charge in [0.2, 0.25) is 0 Å². The minimum Gasteiger partial charge on any atom is -0.243 e. The molecule has 0 aliphatic rings. The van der Waals surface area contributed by atoms with Crippen molar-refractivity contribution in [3.63, 3.8) is 0 Å². The molecule has 0 aromatic carbocycles. The monoisotopic (exact) mass is 289 g/mol. The molecule has 1 rings (SSSR count). The summed E-state index contributed by atoms with van der Waals surface area (Å²) in [5.41, 5.74) is -0.0983. The van der Waals surface area contributed by atoms with Crippen molar-refractivity contribution < 1.29 is 8.78 Å². The summed E-state index contributed by atoms with van der Waals surface area (Å²) in [6.45, 7) is 0. The third-order valence-electron chi connectivity index (χ3n) is 1.07. The fraction of sp³-hybridized carbons (Fsp3) is 0.167. The Labute approximate surface area is 80.9 Å². The molecular formula is C6H3ClF2IN. The van der Waals surface area contributed by atoms with Gasteiger partial charge in [0.05, 0.1) is 3.57 Å². The van der Waals surface area contributed by atoms with Crippen LogP contribution in [0.4, 0.5) is 8.78 Å². The number of hydrogen-bond donors (Lipinski definition) is 0. The molecule has 0 aliphatic carbocycles. The highest BCUT2D eigenvalue weighted by atomic mass is 127. The number of alkyl halides is 2. The van der Waals surface area contributed by atoms with Crippen LogP contribution in [-0.2, 0) is 0 Å². The van der Waals surface area contributed by atoms with Gasteiger partial charge in [0.15, 0.2) is 0 Å². The molecule has 0 aliphatic heterocycles. The van der Waals surface area contributed by atoms with Crippen molar-refractivity contribution >= 4 is 34.2 Å². The van der Waals surface area contributed by atoms with Gasteiger partial charge in [-0.25, -0.2) is 13.8 Å². The Morgan fingerprint density at radius 3 is 2.64 bits per heavy atom. The lowest BCUT2D eigenvalue weighted by Crippen LogP contribution is -1.88. The zero-order chi connectivity index (χ0) is 8.43. The fourth-order valence-electron chi connectivity index (χ4n) is 0.555. The predicted octanol–water partition coefficient (Wildman–Crippen LogP) is 3.28. The van der Waals surface area contributed by atoms with Crippen molar-refractivity contribution in [2.24, 2.45) is 0 Å².